The van der Waals surface area contributed by atoms with E-state index in [4.69, 9.17) is 34.4 Å². The van der Waals surface area contributed by atoms with Gasteiger partial charge in [0.1, 0.15) is 78.0 Å². The molecule has 0 spiro atoms. The van der Waals surface area contributed by atoms with Gasteiger partial charge in [-0.3, -0.25) is 67.3 Å². The monoisotopic (exact) mass is 1520 g/mol. The lowest BCUT2D eigenvalue weighted by Gasteiger charge is -2.30. The maximum atomic E-state index is 14.8. The number of aliphatic carboxylic acids is 1. The van der Waals surface area contributed by atoms with Crippen LogP contribution in [0.4, 0.5) is 0 Å². The Morgan fingerprint density at radius 2 is 0.832 bits per heavy atom. The number of phenols is 2. The summed E-state index contributed by atoms with van der Waals surface area (Å²) in [7, 11) is 0. The van der Waals surface area contributed by atoms with E-state index in [1.807, 2.05) is 0 Å². The quantitative estimate of drug-likeness (QED) is 0.0192. The summed E-state index contributed by atoms with van der Waals surface area (Å²) in [5, 5.41) is 58.5. The number of benzene rings is 2. The summed E-state index contributed by atoms with van der Waals surface area (Å²) in [5.41, 5.74) is 35.1. The van der Waals surface area contributed by atoms with Crippen molar-refractivity contribution in [3.8, 4) is 11.5 Å². The molecule has 0 saturated heterocycles. The minimum absolute atomic E-state index is 0.00505. The van der Waals surface area contributed by atoms with Gasteiger partial charge < -0.3 is 108 Å². The number of nitrogens with one attached hydrogen (secondary N) is 11. The van der Waals surface area contributed by atoms with Crippen molar-refractivity contribution >= 4 is 100 Å². The number of carbonyl (C=O) groups excluding carboxylic acids is 13. The summed E-state index contributed by atoms with van der Waals surface area (Å²) >= 11 is 1.32. The summed E-state index contributed by atoms with van der Waals surface area (Å²) in [6, 6.07) is -5.34. The molecule has 0 aliphatic heterocycles. The van der Waals surface area contributed by atoms with Crippen LogP contribution in [0.5, 0.6) is 11.5 Å². The maximum Gasteiger partial charge on any atom is 0.326 e. The second-order valence-corrected chi connectivity index (χ2v) is 28.3. The van der Waals surface area contributed by atoms with Gasteiger partial charge in [0.15, 0.2) is 5.96 Å². The lowest BCUT2D eigenvalue weighted by Crippen LogP contribution is -2.62. The minimum atomic E-state index is -1.69. The van der Waals surface area contributed by atoms with Crippen LogP contribution < -0.4 is 92.9 Å². The van der Waals surface area contributed by atoms with Gasteiger partial charge in [-0.25, -0.2) is 4.79 Å². The minimum Gasteiger partial charge on any atom is -0.508 e. The van der Waals surface area contributed by atoms with Gasteiger partial charge >= 0.3 is 5.97 Å². The number of primary amides is 2. The Kier molecular flexibility index (Phi) is 42.2. The Morgan fingerprint density at radius 3 is 1.30 bits per heavy atom. The molecule has 0 bridgehead atoms. The zero-order valence-corrected chi connectivity index (χ0v) is 63.8. The van der Waals surface area contributed by atoms with Crippen molar-refractivity contribution < 1.29 is 82.4 Å². The molecule has 0 radical (unpaired) electrons. The van der Waals surface area contributed by atoms with Gasteiger partial charge in [0.05, 0.1) is 12.5 Å². The number of carboxylic acids is 1. The molecular weight excluding hydrogens is 1410 g/mol. The Bertz CT molecular complexity index is 3310. The van der Waals surface area contributed by atoms with Crippen LogP contribution in [-0.2, 0) is 80.0 Å². The van der Waals surface area contributed by atoms with Crippen LogP contribution in [0.25, 0.3) is 0 Å². The number of hydrogen-bond acceptors (Lipinski definition) is 20. The highest BCUT2D eigenvalue weighted by Gasteiger charge is 2.39. The molecule has 0 heterocycles. The van der Waals surface area contributed by atoms with E-state index in [-0.39, 0.29) is 113 Å². The molecule has 107 heavy (non-hydrogen) atoms. The first-order valence-corrected chi connectivity index (χ1v) is 37.5. The van der Waals surface area contributed by atoms with Crippen molar-refractivity contribution in [1.82, 2.24) is 58.5 Å². The first kappa shape index (κ1) is 93.2. The number of carboxylic acid groups (broad SMARTS) is 1. The number of aromatic hydroxyl groups is 2. The standard InChI is InChI=1S/C71H116N18O17S/c1-11-38(6)56(88-66(101)51(33-37(4)5)84-59(94)41(9)79-61(96)49(27-28-54(74)92)80-60(95)46(73)34-42-19-23-44(90)24-20-42)68(103)83-48(18-16-31-78-71(76)77)62(97)82-50(29-32-107-10)64(99)87-57(39(7)12-2)69(104)86-52(35-43-21-25-45(91)26-22-43)65(100)81-47(17-14-15-30-72)63(98)85-53(36-55(75)93)67(102)89-58(70(105)106)40(8)13-3/h19-26,37-41,46-53,56-58,90-91H,11-18,27-36,72-73H2,1-10H3,(H2,74,92)(H2,75,93)(H,79,96)(H,80,95)(H,81,100)(H,82,97)(H,83,103)(H,84,94)(H,85,98)(H,86,104)(H,87,99)(H,88,101)(H,89,102)(H,105,106)(H4,76,77,78)/t38-,39-,40-,41-,46-,47-,48-,49-,50-,51-,52-,53-,56-,57-,58-/m0/s1. The average Bonchev–Trinajstić information content (AvgIpc) is 0.848. The highest BCUT2D eigenvalue weighted by atomic mass is 32.2. The molecule has 26 N–H and O–H groups in total. The van der Waals surface area contributed by atoms with E-state index in [1.165, 1.54) is 55.1 Å². The molecule has 0 saturated carbocycles. The molecule has 0 aliphatic carbocycles. The van der Waals surface area contributed by atoms with Crippen molar-refractivity contribution in [2.75, 3.05) is 25.1 Å². The van der Waals surface area contributed by atoms with Crippen molar-refractivity contribution in [2.45, 2.75) is 231 Å². The maximum absolute atomic E-state index is 14.8. The van der Waals surface area contributed by atoms with E-state index < -0.39 is 179 Å². The van der Waals surface area contributed by atoms with Crippen LogP contribution in [0.3, 0.4) is 0 Å². The van der Waals surface area contributed by atoms with Gasteiger partial charge in [-0.15, -0.1) is 0 Å². The highest BCUT2D eigenvalue weighted by molar-refractivity contribution is 7.98. The molecular formula is C71H116N18O17S. The second-order valence-electron chi connectivity index (χ2n) is 27.3. The third-order valence-electron chi connectivity index (χ3n) is 17.9. The van der Waals surface area contributed by atoms with Gasteiger partial charge in [0.25, 0.3) is 0 Å². The number of carbonyl (C=O) groups is 14. The van der Waals surface area contributed by atoms with Crippen LogP contribution >= 0.6 is 11.8 Å². The first-order valence-electron chi connectivity index (χ1n) is 36.1. The number of phenolic OH excluding ortho intramolecular Hbond substituents is 2. The van der Waals surface area contributed by atoms with E-state index in [2.05, 4.69) is 63.5 Å². The van der Waals surface area contributed by atoms with Crippen molar-refractivity contribution in [1.29, 1.82) is 0 Å². The number of hydrogen-bond donors (Lipinski definition) is 20. The highest BCUT2D eigenvalue weighted by Crippen LogP contribution is 2.19. The lowest BCUT2D eigenvalue weighted by atomic mass is 9.96. The molecule has 2 aromatic rings. The third-order valence-corrected chi connectivity index (χ3v) is 18.6. The summed E-state index contributed by atoms with van der Waals surface area (Å²) in [4.78, 5) is 197. The van der Waals surface area contributed by atoms with Crippen LogP contribution in [0.1, 0.15) is 157 Å². The summed E-state index contributed by atoms with van der Waals surface area (Å²) in [5.74, 6) is -15.1. The van der Waals surface area contributed by atoms with Crippen molar-refractivity contribution in [2.24, 2.45) is 63.1 Å². The Labute approximate surface area is 629 Å². The van der Waals surface area contributed by atoms with Crippen molar-refractivity contribution in [3.63, 3.8) is 0 Å². The van der Waals surface area contributed by atoms with E-state index >= 15 is 0 Å². The summed E-state index contributed by atoms with van der Waals surface area (Å²) in [6.45, 7) is 15.1. The zero-order chi connectivity index (χ0) is 80.8. The smallest absolute Gasteiger partial charge is 0.326 e. The first-order chi connectivity index (χ1) is 50.4. The molecule has 35 nitrogen and oxygen atoms in total. The second kappa shape index (κ2) is 48.4. The molecule has 36 heteroatoms. The van der Waals surface area contributed by atoms with Crippen LogP contribution in [0, 0.1) is 23.7 Å². The van der Waals surface area contributed by atoms with Gasteiger partial charge in [-0.2, -0.15) is 11.8 Å². The average molecular weight is 1530 g/mol. The number of rotatable bonds is 51. The van der Waals surface area contributed by atoms with Crippen LogP contribution in [0.15, 0.2) is 53.5 Å². The number of nitrogens with two attached hydrogens (primary N) is 6. The van der Waals surface area contributed by atoms with E-state index in [9.17, 15) is 82.4 Å². The Balaban J connectivity index is 2.55. The Morgan fingerprint density at radius 1 is 0.439 bits per heavy atom. The van der Waals surface area contributed by atoms with E-state index in [1.54, 1.807) is 73.8 Å². The number of amides is 13. The molecule has 2 rings (SSSR count). The van der Waals surface area contributed by atoms with E-state index in [0.717, 1.165) is 0 Å². The fourth-order valence-electron chi connectivity index (χ4n) is 10.9. The van der Waals surface area contributed by atoms with Crippen LogP contribution in [-0.4, -0.2) is 202 Å². The summed E-state index contributed by atoms with van der Waals surface area (Å²) < 4.78 is 0. The normalized spacial score (nSPS) is 15.4. The molecule has 13 amide bonds. The Hall–Kier alpha value is -9.84. The van der Waals surface area contributed by atoms with Gasteiger partial charge in [0.2, 0.25) is 76.8 Å². The number of unbranched alkanes of at least 4 members (excludes halogenated alkanes) is 1. The molecule has 0 unspecified atom stereocenters. The molecule has 0 fully saturated rings. The van der Waals surface area contributed by atoms with E-state index in [0.29, 0.717) is 30.4 Å². The lowest BCUT2D eigenvalue weighted by molar-refractivity contribution is -0.144. The number of nitrogens with zero attached hydrogens (tertiary/aromatic N) is 1. The predicted molar refractivity (Wildman–Crippen MR) is 402 cm³/mol. The summed E-state index contributed by atoms with van der Waals surface area (Å²) in [6.07, 6.45) is 1.57. The molecule has 15 atom stereocenters. The van der Waals surface area contributed by atoms with Gasteiger partial charge in [-0.05, 0) is 142 Å². The molecule has 598 valence electrons. The van der Waals surface area contributed by atoms with Crippen LogP contribution in [0.2, 0.25) is 0 Å². The molecule has 2 aromatic carbocycles. The van der Waals surface area contributed by atoms with Gasteiger partial charge in [0, 0.05) is 19.4 Å². The predicted octanol–water partition coefficient (Wildman–Crippen LogP) is -2.09. The zero-order valence-electron chi connectivity index (χ0n) is 63.0. The number of aliphatic imine (C=N–C) groups is 1. The largest absolute Gasteiger partial charge is 0.508 e. The third kappa shape index (κ3) is 34.5. The fraction of sp³-hybridized carbons (Fsp3) is 0.620. The fourth-order valence-corrected chi connectivity index (χ4v) is 11.4. The topological polar surface area (TPSA) is 600 Å². The van der Waals surface area contributed by atoms with Gasteiger partial charge in [-0.1, -0.05) is 98.9 Å². The molecule has 0 aliphatic rings. The van der Waals surface area contributed by atoms with Crippen molar-refractivity contribution in [3.05, 3.63) is 59.7 Å². The SMILES string of the molecule is CC[C@H](C)[C@H](NC(=O)[C@H](CC(N)=O)NC(=O)[C@H](CCCCN)NC(=O)[C@H](Cc1ccc(O)cc1)NC(=O)[C@@H](NC(=O)[C@H](CCSC)NC(=O)[C@H](CCCN=C(N)N)NC(=O)[C@@H](NC(=O)[C@H](CC(C)C)NC(=O)[C@H](C)NC(=O)[C@H](CCC(N)=O)NC(=O)[C@@H](N)Cc1ccc(O)cc1)[C@@H](C)CC)[C@@H](C)CC)C(=O)O. The number of guanidine groups is 1. The molecule has 0 aromatic heterocycles. The number of thioether (sulfide) groups is 1.